The Hall–Kier alpha value is -1.56. The van der Waals surface area contributed by atoms with Gasteiger partial charge in [-0.2, -0.15) is 0 Å². The maximum Gasteiger partial charge on any atom is 0.229 e. The van der Waals surface area contributed by atoms with E-state index < -0.39 is 16.6 Å². The van der Waals surface area contributed by atoms with Gasteiger partial charge in [-0.25, -0.2) is 4.39 Å². The summed E-state index contributed by atoms with van der Waals surface area (Å²) in [7, 11) is -1.39. The standard InChI is InChI=1S/C13H15FN2O2S/c1-13(2,3)12-16-15-11(18-12)8-19(17)10-6-4-5-9(14)7-10/h4-7H,8H2,1-3H3. The zero-order chi connectivity index (χ0) is 14.0. The van der Waals surface area contributed by atoms with Crippen LogP contribution in [0.25, 0.3) is 0 Å². The third kappa shape index (κ3) is 3.47. The van der Waals surface area contributed by atoms with Crippen molar-refractivity contribution in [2.24, 2.45) is 0 Å². The monoisotopic (exact) mass is 282 g/mol. The summed E-state index contributed by atoms with van der Waals surface area (Å²) in [5.41, 5.74) is -0.244. The molecule has 0 aliphatic carbocycles. The quantitative estimate of drug-likeness (QED) is 0.868. The van der Waals surface area contributed by atoms with Gasteiger partial charge in [-0.05, 0) is 18.2 Å². The molecule has 0 spiro atoms. The minimum Gasteiger partial charge on any atom is -0.424 e. The average molecular weight is 282 g/mol. The van der Waals surface area contributed by atoms with Gasteiger partial charge in [-0.1, -0.05) is 26.8 Å². The third-order valence-corrected chi connectivity index (χ3v) is 3.71. The van der Waals surface area contributed by atoms with Crippen LogP contribution in [0.5, 0.6) is 0 Å². The molecule has 1 atom stereocenters. The van der Waals surface area contributed by atoms with Gasteiger partial charge in [0, 0.05) is 10.3 Å². The Kier molecular flexibility index (Phi) is 3.80. The van der Waals surface area contributed by atoms with E-state index in [1.807, 2.05) is 20.8 Å². The van der Waals surface area contributed by atoms with E-state index >= 15 is 0 Å². The molecule has 1 unspecified atom stereocenters. The Labute approximate surface area is 113 Å². The lowest BCUT2D eigenvalue weighted by molar-refractivity contribution is 0.378. The van der Waals surface area contributed by atoms with Crippen LogP contribution in [-0.4, -0.2) is 14.4 Å². The first kappa shape index (κ1) is 13.9. The van der Waals surface area contributed by atoms with Crippen molar-refractivity contribution >= 4 is 10.8 Å². The summed E-state index contributed by atoms with van der Waals surface area (Å²) in [6.07, 6.45) is 0. The molecule has 1 aromatic heterocycles. The minimum absolute atomic E-state index is 0.0898. The lowest BCUT2D eigenvalue weighted by Gasteiger charge is -2.10. The number of benzene rings is 1. The predicted octanol–water partition coefficient (Wildman–Crippen LogP) is 2.81. The SMILES string of the molecule is CC(C)(C)c1nnc(CS(=O)c2cccc(F)c2)o1. The van der Waals surface area contributed by atoms with Crippen LogP contribution < -0.4 is 0 Å². The maximum atomic E-state index is 13.0. The number of halogens is 1. The molecule has 0 saturated heterocycles. The van der Waals surface area contributed by atoms with E-state index in [1.54, 1.807) is 6.07 Å². The molecule has 0 radical (unpaired) electrons. The van der Waals surface area contributed by atoms with Crippen LogP contribution in [0.1, 0.15) is 32.6 Å². The molecule has 1 aromatic carbocycles. The summed E-state index contributed by atoms with van der Waals surface area (Å²) >= 11 is 0. The average Bonchev–Trinajstić information content (AvgIpc) is 2.77. The highest BCUT2D eigenvalue weighted by atomic mass is 32.2. The van der Waals surface area contributed by atoms with Crippen molar-refractivity contribution in [3.05, 3.63) is 41.9 Å². The highest BCUT2D eigenvalue weighted by molar-refractivity contribution is 7.84. The molecule has 1 heterocycles. The molecule has 0 amide bonds. The van der Waals surface area contributed by atoms with E-state index in [9.17, 15) is 8.60 Å². The first-order chi connectivity index (χ1) is 8.86. The topological polar surface area (TPSA) is 56.0 Å². The molecule has 102 valence electrons. The Morgan fingerprint density at radius 1 is 1.32 bits per heavy atom. The molecule has 0 fully saturated rings. The number of hydrogen-bond donors (Lipinski definition) is 0. The van der Waals surface area contributed by atoms with Gasteiger partial charge in [-0.15, -0.1) is 10.2 Å². The second-order valence-corrected chi connectivity index (χ2v) is 6.65. The highest BCUT2D eigenvalue weighted by Gasteiger charge is 2.22. The van der Waals surface area contributed by atoms with E-state index in [2.05, 4.69) is 10.2 Å². The van der Waals surface area contributed by atoms with E-state index in [0.29, 0.717) is 16.7 Å². The first-order valence-electron chi connectivity index (χ1n) is 5.83. The normalized spacial score (nSPS) is 13.5. The number of hydrogen-bond acceptors (Lipinski definition) is 4. The molecular formula is C13H15FN2O2S. The Morgan fingerprint density at radius 3 is 2.63 bits per heavy atom. The van der Waals surface area contributed by atoms with Gasteiger partial charge < -0.3 is 4.42 Å². The van der Waals surface area contributed by atoms with Crippen LogP contribution in [-0.2, 0) is 22.0 Å². The molecule has 4 nitrogen and oxygen atoms in total. The van der Waals surface area contributed by atoms with E-state index in [1.165, 1.54) is 18.2 Å². The summed E-state index contributed by atoms with van der Waals surface area (Å²) in [6, 6.07) is 5.69. The second kappa shape index (κ2) is 5.21. The summed E-state index contributed by atoms with van der Waals surface area (Å²) in [5, 5.41) is 7.79. The van der Waals surface area contributed by atoms with E-state index in [4.69, 9.17) is 4.42 Å². The highest BCUT2D eigenvalue weighted by Crippen LogP contribution is 2.21. The van der Waals surface area contributed by atoms with Crippen molar-refractivity contribution in [2.45, 2.75) is 36.8 Å². The molecular weight excluding hydrogens is 267 g/mol. The van der Waals surface area contributed by atoms with Crippen molar-refractivity contribution in [1.82, 2.24) is 10.2 Å². The smallest absolute Gasteiger partial charge is 0.229 e. The second-order valence-electron chi connectivity index (χ2n) is 5.20. The third-order valence-electron chi connectivity index (χ3n) is 2.42. The fraction of sp³-hybridized carbons (Fsp3) is 0.385. The minimum atomic E-state index is -1.39. The Balaban J connectivity index is 2.13. The number of aromatic nitrogens is 2. The van der Waals surface area contributed by atoms with Gasteiger partial charge >= 0.3 is 0 Å². The summed E-state index contributed by atoms with van der Waals surface area (Å²) in [4.78, 5) is 0.413. The lowest BCUT2D eigenvalue weighted by atomic mass is 9.97. The van der Waals surface area contributed by atoms with Crippen LogP contribution in [0, 0.1) is 5.82 Å². The zero-order valence-electron chi connectivity index (χ0n) is 11.0. The van der Waals surface area contributed by atoms with Gasteiger partial charge in [0.05, 0.1) is 10.8 Å². The summed E-state index contributed by atoms with van der Waals surface area (Å²) in [5.74, 6) is 0.477. The maximum absolute atomic E-state index is 13.0. The number of nitrogens with zero attached hydrogens (tertiary/aromatic N) is 2. The van der Waals surface area contributed by atoms with Crippen LogP contribution in [0.4, 0.5) is 4.39 Å². The van der Waals surface area contributed by atoms with Crippen molar-refractivity contribution in [1.29, 1.82) is 0 Å². The Bertz CT molecular complexity index is 605. The predicted molar refractivity (Wildman–Crippen MR) is 69.5 cm³/mol. The molecule has 2 aromatic rings. The van der Waals surface area contributed by atoms with Gasteiger partial charge in [0.2, 0.25) is 11.8 Å². The van der Waals surface area contributed by atoms with Crippen LogP contribution in [0.2, 0.25) is 0 Å². The number of rotatable bonds is 3. The molecule has 6 heteroatoms. The van der Waals surface area contributed by atoms with Crippen molar-refractivity contribution < 1.29 is 13.0 Å². The molecule has 0 bridgehead atoms. The van der Waals surface area contributed by atoms with Gasteiger partial charge in [0.25, 0.3) is 0 Å². The molecule has 19 heavy (non-hydrogen) atoms. The van der Waals surface area contributed by atoms with E-state index in [0.717, 1.165) is 0 Å². The summed E-state index contributed by atoms with van der Waals surface area (Å²) < 4.78 is 30.5. The van der Waals surface area contributed by atoms with Crippen molar-refractivity contribution in [2.75, 3.05) is 0 Å². The Morgan fingerprint density at radius 2 is 2.05 bits per heavy atom. The van der Waals surface area contributed by atoms with Crippen LogP contribution in [0.15, 0.2) is 33.6 Å². The van der Waals surface area contributed by atoms with Crippen LogP contribution in [0.3, 0.4) is 0 Å². The molecule has 0 N–H and O–H groups in total. The molecule has 0 saturated carbocycles. The fourth-order valence-corrected chi connectivity index (χ4v) is 2.40. The van der Waals surface area contributed by atoms with Crippen LogP contribution >= 0.6 is 0 Å². The summed E-state index contributed by atoms with van der Waals surface area (Å²) in [6.45, 7) is 5.86. The first-order valence-corrected chi connectivity index (χ1v) is 7.15. The van der Waals surface area contributed by atoms with Crippen molar-refractivity contribution in [3.63, 3.8) is 0 Å². The molecule has 2 rings (SSSR count). The lowest BCUT2D eigenvalue weighted by Crippen LogP contribution is -2.11. The molecule has 0 aliphatic heterocycles. The van der Waals surface area contributed by atoms with Gasteiger partial charge in [0.1, 0.15) is 11.6 Å². The fourth-order valence-electron chi connectivity index (χ4n) is 1.42. The van der Waals surface area contributed by atoms with E-state index in [-0.39, 0.29) is 11.2 Å². The largest absolute Gasteiger partial charge is 0.424 e. The van der Waals surface area contributed by atoms with Gasteiger partial charge in [0.15, 0.2) is 0 Å². The zero-order valence-corrected chi connectivity index (χ0v) is 11.8. The molecule has 0 aliphatic rings. The van der Waals surface area contributed by atoms with Crippen molar-refractivity contribution in [3.8, 4) is 0 Å². The van der Waals surface area contributed by atoms with Gasteiger partial charge in [-0.3, -0.25) is 4.21 Å².